The zero-order chi connectivity index (χ0) is 83.5. The lowest BCUT2D eigenvalue weighted by atomic mass is 10.0. The molecule has 1 aromatic carbocycles. The van der Waals surface area contributed by atoms with Gasteiger partial charge in [0.05, 0.1) is 0 Å². The Balaban J connectivity index is 0.00000226. The number of hydrogen-bond donors (Lipinski definition) is 3. The van der Waals surface area contributed by atoms with Crippen molar-refractivity contribution >= 4 is 35.3 Å². The molecule has 0 bridgehead atoms. The van der Waals surface area contributed by atoms with Gasteiger partial charge in [0.25, 0.3) is 10.9 Å². The Morgan fingerprint density at radius 1 is 0.272 bits per heavy atom. The Hall–Kier alpha value is -3.56. The smallest absolute Gasteiger partial charge is 0.306 e. The van der Waals surface area contributed by atoms with Crippen molar-refractivity contribution in [1.29, 1.82) is 0 Å². The van der Waals surface area contributed by atoms with Crippen molar-refractivity contribution in [2.75, 3.05) is 70.0 Å². The van der Waals surface area contributed by atoms with Gasteiger partial charge in [0, 0.05) is 39.3 Å². The number of anilines is 2. The molecule has 114 heavy (non-hydrogen) atoms. The summed E-state index contributed by atoms with van der Waals surface area (Å²) in [7, 11) is 1.67. The third-order valence-electron chi connectivity index (χ3n) is 23.6. The van der Waals surface area contributed by atoms with Crippen LogP contribution in [-0.4, -0.2) is 117 Å². The molecule has 0 aromatic heterocycles. The third kappa shape index (κ3) is 70.3. The summed E-state index contributed by atoms with van der Waals surface area (Å²) in [5.74, 6) is -0.00341. The molecule has 2 unspecified atom stereocenters. The number of unbranched alkanes of at least 4 members (excludes halogenated alkanes) is 46. The maximum absolute atomic E-state index is 12.9. The molecular weight excluding hydrogens is 1420 g/mol. The van der Waals surface area contributed by atoms with E-state index >= 15 is 0 Å². The lowest BCUT2D eigenvalue weighted by molar-refractivity contribution is -0.151. The number of nitrogens with one attached hydrogen (secondary N) is 2. The molecule has 0 aliphatic heterocycles. The standard InChI is InChI=1S/C52H97N3O6.C47H94N2O4/c1-6-10-13-16-21-28-36-45(9-4)60-47(56)39-31-24-19-26-33-42-55(44-35-41-54-50-49(53-5)51(58)52(50)59)43-34-27-20-25-32-40-48(57)61-46(37-29-22-17-14-11-7-2)38-30-23-18-15-12-8-3;1-5-9-12-15-20-27-35-44(8-4)52-46(50)38-30-23-18-25-32-41-49(43-34-40-48)42-33-26-19-24-31-39-47(51)53-45(36-28-21-16-13-10-6-2)37-29-22-17-14-11-7-3/h45-46,53-54H,6-44H2,1-5H3;44-45H,5-43,48H2,1-4H3. The summed E-state index contributed by atoms with van der Waals surface area (Å²) in [6, 6.07) is 0. The van der Waals surface area contributed by atoms with Gasteiger partial charge >= 0.3 is 23.9 Å². The van der Waals surface area contributed by atoms with Gasteiger partial charge < -0.3 is 45.1 Å². The van der Waals surface area contributed by atoms with Crippen molar-refractivity contribution in [2.45, 2.75) is 529 Å². The Morgan fingerprint density at radius 2 is 0.482 bits per heavy atom. The second-order valence-electron chi connectivity index (χ2n) is 34.4. The van der Waals surface area contributed by atoms with E-state index in [-0.39, 0.29) is 48.3 Å². The molecule has 15 heteroatoms. The molecular formula is C99H191N5O10. The number of carbonyl (C=O) groups excluding carboxylic acids is 4. The number of hydrogen-bond acceptors (Lipinski definition) is 15. The van der Waals surface area contributed by atoms with Crippen LogP contribution in [0.25, 0.3) is 0 Å². The van der Waals surface area contributed by atoms with Crippen LogP contribution < -0.4 is 27.2 Å². The van der Waals surface area contributed by atoms with Gasteiger partial charge in [-0.1, -0.05) is 325 Å². The molecule has 0 radical (unpaired) electrons. The Labute approximate surface area is 704 Å². The van der Waals surface area contributed by atoms with Gasteiger partial charge in [-0.15, -0.1) is 0 Å². The van der Waals surface area contributed by atoms with Crippen molar-refractivity contribution in [3.63, 3.8) is 0 Å². The van der Waals surface area contributed by atoms with Crippen molar-refractivity contribution in [2.24, 2.45) is 5.73 Å². The average Bonchev–Trinajstić information content (AvgIpc) is 0.789. The molecule has 2 atom stereocenters. The summed E-state index contributed by atoms with van der Waals surface area (Å²) in [4.78, 5) is 79.4. The van der Waals surface area contributed by atoms with Crippen LogP contribution in [0.4, 0.5) is 11.4 Å². The number of nitrogens with two attached hydrogens (primary N) is 1. The van der Waals surface area contributed by atoms with Gasteiger partial charge in [0.1, 0.15) is 35.8 Å². The minimum Gasteiger partial charge on any atom is -0.462 e. The molecule has 1 rings (SSSR count). The number of nitrogens with zero attached hydrogens (tertiary/aromatic N) is 2. The van der Waals surface area contributed by atoms with E-state index in [0.717, 1.165) is 219 Å². The largest absolute Gasteiger partial charge is 0.462 e. The first-order chi connectivity index (χ1) is 55.8. The van der Waals surface area contributed by atoms with Crippen LogP contribution in [0.5, 0.6) is 0 Å². The van der Waals surface area contributed by atoms with E-state index in [9.17, 15) is 28.8 Å². The van der Waals surface area contributed by atoms with Crippen LogP contribution in [0.15, 0.2) is 9.59 Å². The van der Waals surface area contributed by atoms with Gasteiger partial charge in [-0.25, -0.2) is 0 Å². The van der Waals surface area contributed by atoms with E-state index in [2.05, 4.69) is 75.8 Å². The zero-order valence-corrected chi connectivity index (χ0v) is 77.0. The number of carbonyl (C=O) groups is 4. The summed E-state index contributed by atoms with van der Waals surface area (Å²) in [5, 5.41) is 6.02. The van der Waals surface area contributed by atoms with E-state index < -0.39 is 10.9 Å². The van der Waals surface area contributed by atoms with Crippen molar-refractivity contribution in [1.82, 2.24) is 9.80 Å². The summed E-state index contributed by atoms with van der Waals surface area (Å²) in [5.41, 5.74) is 5.79. The minimum atomic E-state index is -0.440. The normalized spacial score (nSPS) is 12.2. The first-order valence-corrected chi connectivity index (χ1v) is 50.0. The Kier molecular flexibility index (Phi) is 83.2. The fourth-order valence-corrected chi connectivity index (χ4v) is 16.0. The monoisotopic (exact) mass is 1610 g/mol. The highest BCUT2D eigenvalue weighted by molar-refractivity contribution is 5.73. The molecule has 4 N–H and O–H groups in total. The third-order valence-corrected chi connectivity index (χ3v) is 23.6. The SMILES string of the molecule is CCCCCCCCC(CC)OC(=O)CCCCCCCN(CCCCCCCC(=O)OC(CCCCCCCC)CCCCCCCC)CCCNc1c(NC)c(=O)c1=O.CCCCCCCCC(CC)OC(=O)CCCCCCCN(CCCN)CCCCCCCC(=O)OC(CCCCCCCC)CCCCCCCC. The van der Waals surface area contributed by atoms with E-state index in [1.54, 1.807) is 7.05 Å². The molecule has 0 spiro atoms. The summed E-state index contributed by atoms with van der Waals surface area (Å²) < 4.78 is 23.7. The Bertz CT molecular complexity index is 2280. The highest BCUT2D eigenvalue weighted by Gasteiger charge is 2.21. The fraction of sp³-hybridized carbons (Fsp3) is 0.919. The number of ether oxygens (including phenoxy) is 4. The Morgan fingerprint density at radius 3 is 0.737 bits per heavy atom. The topological polar surface area (TPSA) is 196 Å². The van der Waals surface area contributed by atoms with Crippen molar-refractivity contribution < 1.29 is 38.1 Å². The summed E-state index contributed by atoms with van der Waals surface area (Å²) >= 11 is 0. The first-order valence-electron chi connectivity index (χ1n) is 50.0. The molecule has 0 amide bonds. The second-order valence-corrected chi connectivity index (χ2v) is 34.4. The molecule has 1 aromatic rings. The lowest BCUT2D eigenvalue weighted by Crippen LogP contribution is -2.37. The predicted molar refractivity (Wildman–Crippen MR) is 489 cm³/mol. The summed E-state index contributed by atoms with van der Waals surface area (Å²) in [6.45, 7) is 25.6. The van der Waals surface area contributed by atoms with Crippen molar-refractivity contribution in [3.8, 4) is 0 Å². The van der Waals surface area contributed by atoms with Crippen LogP contribution in [0, 0.1) is 0 Å². The molecule has 0 aliphatic rings. The van der Waals surface area contributed by atoms with Gasteiger partial charge in [-0.2, -0.15) is 0 Å². The molecule has 672 valence electrons. The first kappa shape index (κ1) is 110. The van der Waals surface area contributed by atoms with E-state index in [0.29, 0.717) is 43.6 Å². The fourth-order valence-electron chi connectivity index (χ4n) is 16.0. The number of rotatable bonds is 89. The zero-order valence-electron chi connectivity index (χ0n) is 77.0. The van der Waals surface area contributed by atoms with Crippen LogP contribution in [-0.2, 0) is 38.1 Å². The van der Waals surface area contributed by atoms with Gasteiger partial charge in [0.2, 0.25) is 0 Å². The molecule has 0 fully saturated rings. The highest BCUT2D eigenvalue weighted by atomic mass is 16.6. The molecule has 0 saturated heterocycles. The average molecular weight is 1610 g/mol. The molecule has 15 nitrogen and oxygen atoms in total. The minimum absolute atomic E-state index is 0.00182. The highest BCUT2D eigenvalue weighted by Crippen LogP contribution is 2.24. The van der Waals surface area contributed by atoms with E-state index in [1.165, 1.54) is 250 Å². The predicted octanol–water partition coefficient (Wildman–Crippen LogP) is 27.4. The van der Waals surface area contributed by atoms with Crippen LogP contribution >= 0.6 is 0 Å². The van der Waals surface area contributed by atoms with E-state index in [4.69, 9.17) is 24.7 Å². The van der Waals surface area contributed by atoms with Crippen LogP contribution in [0.1, 0.15) is 505 Å². The summed E-state index contributed by atoms with van der Waals surface area (Å²) in [6.07, 6.45) is 80.5. The number of esters is 4. The molecule has 0 aliphatic carbocycles. The van der Waals surface area contributed by atoms with E-state index in [1.807, 2.05) is 0 Å². The van der Waals surface area contributed by atoms with Crippen LogP contribution in [0.2, 0.25) is 0 Å². The maximum atomic E-state index is 12.9. The maximum Gasteiger partial charge on any atom is 0.306 e. The van der Waals surface area contributed by atoms with Gasteiger partial charge in [-0.3, -0.25) is 28.8 Å². The molecule has 0 heterocycles. The molecule has 0 saturated carbocycles. The van der Waals surface area contributed by atoms with Crippen molar-refractivity contribution in [3.05, 3.63) is 20.4 Å². The lowest BCUT2D eigenvalue weighted by Gasteiger charge is -2.23. The van der Waals surface area contributed by atoms with Gasteiger partial charge in [-0.05, 0) is 200 Å². The van der Waals surface area contributed by atoms with Crippen LogP contribution in [0.3, 0.4) is 0 Å². The van der Waals surface area contributed by atoms with Gasteiger partial charge in [0.15, 0.2) is 0 Å². The quantitative estimate of drug-likeness (QED) is 0.0241. The second kappa shape index (κ2) is 85.8.